The van der Waals surface area contributed by atoms with Crippen LogP contribution in [0.15, 0.2) is 0 Å². The smallest absolute Gasteiger partial charge is 0.339 e. The average Bonchev–Trinajstić information content (AvgIpc) is 3.18. The number of carbonyl (C=O) groups excluding carboxylic acids is 7. The topological polar surface area (TPSA) is 221 Å². The first-order valence-corrected chi connectivity index (χ1v) is 13.1. The van der Waals surface area contributed by atoms with Crippen LogP contribution in [0.2, 0.25) is 0 Å². The molecule has 0 N–H and O–H groups in total. The highest BCUT2D eigenvalue weighted by Crippen LogP contribution is 2.38. The third-order valence-electron chi connectivity index (χ3n) is 6.13. The fraction of sp³-hybridized carbons (Fsp3) is 0.731. The molecule has 0 unspecified atom stereocenters. The lowest BCUT2D eigenvalue weighted by atomic mass is 9.97. The van der Waals surface area contributed by atoms with Crippen molar-refractivity contribution in [3.8, 4) is 0 Å². The summed E-state index contributed by atoms with van der Waals surface area (Å²) in [7, 11) is 2.18. The van der Waals surface area contributed by atoms with Crippen LogP contribution in [0.4, 0.5) is 0 Å². The minimum atomic E-state index is -1.98. The number of hydrogen-bond acceptors (Lipinski definition) is 18. The minimum Gasteiger partial charge on any atom is -0.467 e. The van der Waals surface area contributed by atoms with Crippen molar-refractivity contribution in [2.45, 2.75) is 96.3 Å². The molecule has 2 aliphatic rings. The van der Waals surface area contributed by atoms with Crippen LogP contribution in [0, 0.1) is 0 Å². The first-order valence-electron chi connectivity index (χ1n) is 13.1. The molecule has 2 heterocycles. The molecular formula is C26H36O18. The molecule has 0 aromatic heterocycles. The summed E-state index contributed by atoms with van der Waals surface area (Å²) in [5, 5.41) is 0. The molecule has 0 aromatic rings. The van der Waals surface area contributed by atoms with Crippen LogP contribution in [-0.2, 0) is 85.7 Å². The van der Waals surface area contributed by atoms with Crippen LogP contribution >= 0.6 is 0 Å². The molecule has 9 atom stereocenters. The number of esters is 7. The minimum absolute atomic E-state index is 0.607. The van der Waals surface area contributed by atoms with E-state index < -0.39 is 110 Å². The monoisotopic (exact) mass is 636 g/mol. The number of carbonyl (C=O) groups is 7. The van der Waals surface area contributed by atoms with Gasteiger partial charge in [0.25, 0.3) is 0 Å². The second-order valence-corrected chi connectivity index (χ2v) is 9.56. The molecule has 0 saturated carbocycles. The highest BCUT2D eigenvalue weighted by Gasteiger charge is 2.62. The van der Waals surface area contributed by atoms with E-state index in [2.05, 4.69) is 0 Å². The van der Waals surface area contributed by atoms with Gasteiger partial charge in [0.2, 0.25) is 5.79 Å². The van der Waals surface area contributed by atoms with Crippen molar-refractivity contribution in [1.82, 2.24) is 0 Å². The molecule has 0 spiro atoms. The Hall–Kier alpha value is -3.87. The van der Waals surface area contributed by atoms with E-state index in [0.29, 0.717) is 0 Å². The van der Waals surface area contributed by atoms with E-state index in [-0.39, 0.29) is 0 Å². The van der Waals surface area contributed by atoms with Crippen LogP contribution in [0.25, 0.3) is 0 Å². The summed E-state index contributed by atoms with van der Waals surface area (Å²) in [6, 6.07) is 0. The van der Waals surface area contributed by atoms with Gasteiger partial charge in [-0.05, 0) is 0 Å². The SMILES string of the molecule is COC(=O)[C@H]1O[C@H](OC[C@H]2O[C@](COC(C)=O)(OC)[C@@H](OC(C)=O)[C@@H]2OC(C)=O)[C@H](OC(C)=O)[C@@H](OC(C)=O)[C@@H]1OC(C)=O. The molecule has 2 aliphatic heterocycles. The second kappa shape index (κ2) is 15.7. The van der Waals surface area contributed by atoms with Crippen LogP contribution in [-0.4, -0.2) is 124 Å². The molecule has 0 radical (unpaired) electrons. The van der Waals surface area contributed by atoms with Crippen molar-refractivity contribution in [1.29, 1.82) is 0 Å². The zero-order valence-corrected chi connectivity index (χ0v) is 25.4. The van der Waals surface area contributed by atoms with Crippen LogP contribution < -0.4 is 0 Å². The van der Waals surface area contributed by atoms with Gasteiger partial charge < -0.3 is 52.1 Å². The molecule has 2 saturated heterocycles. The number of methoxy groups -OCH3 is 2. The lowest BCUT2D eigenvalue weighted by Crippen LogP contribution is -2.64. The molecule has 44 heavy (non-hydrogen) atoms. The van der Waals surface area contributed by atoms with Crippen molar-refractivity contribution in [3.63, 3.8) is 0 Å². The fourth-order valence-corrected chi connectivity index (χ4v) is 4.57. The summed E-state index contributed by atoms with van der Waals surface area (Å²) in [5.74, 6) is -8.12. The van der Waals surface area contributed by atoms with E-state index in [9.17, 15) is 33.6 Å². The maximum atomic E-state index is 12.7. The average molecular weight is 637 g/mol. The zero-order valence-electron chi connectivity index (χ0n) is 25.4. The van der Waals surface area contributed by atoms with Crippen molar-refractivity contribution in [2.24, 2.45) is 0 Å². The normalized spacial score (nSPS) is 31.2. The molecule has 0 bridgehead atoms. The summed E-state index contributed by atoms with van der Waals surface area (Å²) in [6.45, 7) is 5.10. The summed E-state index contributed by atoms with van der Waals surface area (Å²) in [6.07, 6.45) is -12.6. The van der Waals surface area contributed by atoms with Gasteiger partial charge in [-0.2, -0.15) is 0 Å². The third-order valence-corrected chi connectivity index (χ3v) is 6.13. The highest BCUT2D eigenvalue weighted by molar-refractivity contribution is 5.77. The summed E-state index contributed by atoms with van der Waals surface area (Å²) < 4.78 is 59.3. The Balaban J connectivity index is 2.52. The van der Waals surface area contributed by atoms with E-state index in [1.807, 2.05) is 0 Å². The zero-order chi connectivity index (χ0) is 33.4. The number of hydrogen-bond donors (Lipinski definition) is 0. The third kappa shape index (κ3) is 9.31. The van der Waals surface area contributed by atoms with Crippen molar-refractivity contribution < 1.29 is 85.7 Å². The molecule has 248 valence electrons. The Bertz CT molecular complexity index is 1100. The lowest BCUT2D eigenvalue weighted by molar-refractivity contribution is -0.311. The van der Waals surface area contributed by atoms with Crippen molar-refractivity contribution >= 4 is 41.8 Å². The van der Waals surface area contributed by atoms with E-state index in [1.165, 1.54) is 0 Å². The van der Waals surface area contributed by atoms with Gasteiger partial charge in [0.1, 0.15) is 12.7 Å². The lowest BCUT2D eigenvalue weighted by Gasteiger charge is -2.43. The van der Waals surface area contributed by atoms with Gasteiger partial charge in [-0.1, -0.05) is 0 Å². The van der Waals surface area contributed by atoms with Crippen LogP contribution in [0.5, 0.6) is 0 Å². The maximum Gasteiger partial charge on any atom is 0.339 e. The van der Waals surface area contributed by atoms with Gasteiger partial charge in [-0.3, -0.25) is 28.8 Å². The molecular weight excluding hydrogens is 600 g/mol. The van der Waals surface area contributed by atoms with Crippen molar-refractivity contribution in [3.05, 3.63) is 0 Å². The molecule has 18 heteroatoms. The number of rotatable bonds is 12. The van der Waals surface area contributed by atoms with Gasteiger partial charge in [-0.25, -0.2) is 4.79 Å². The molecule has 2 rings (SSSR count). The molecule has 0 amide bonds. The Morgan fingerprint density at radius 2 is 1.14 bits per heavy atom. The molecule has 0 aliphatic carbocycles. The summed E-state index contributed by atoms with van der Waals surface area (Å²) >= 11 is 0. The summed E-state index contributed by atoms with van der Waals surface area (Å²) in [4.78, 5) is 84.2. The Morgan fingerprint density at radius 1 is 0.636 bits per heavy atom. The molecule has 0 aromatic carbocycles. The van der Waals surface area contributed by atoms with E-state index >= 15 is 0 Å². The van der Waals surface area contributed by atoms with Gasteiger partial charge in [0.15, 0.2) is 42.9 Å². The van der Waals surface area contributed by atoms with Crippen LogP contribution in [0.1, 0.15) is 41.5 Å². The van der Waals surface area contributed by atoms with Gasteiger partial charge in [0, 0.05) is 48.7 Å². The Morgan fingerprint density at radius 3 is 1.61 bits per heavy atom. The quantitative estimate of drug-likeness (QED) is 0.182. The fourth-order valence-electron chi connectivity index (χ4n) is 4.57. The Kier molecular flexibility index (Phi) is 13.0. The Labute approximate surface area is 251 Å². The summed E-state index contributed by atoms with van der Waals surface area (Å²) in [5.41, 5.74) is 0. The van der Waals surface area contributed by atoms with Crippen LogP contribution in [0.3, 0.4) is 0 Å². The largest absolute Gasteiger partial charge is 0.467 e. The van der Waals surface area contributed by atoms with E-state index in [1.54, 1.807) is 0 Å². The van der Waals surface area contributed by atoms with Crippen molar-refractivity contribution in [2.75, 3.05) is 27.4 Å². The molecule has 2 fully saturated rings. The first-order chi connectivity index (χ1) is 20.5. The maximum absolute atomic E-state index is 12.7. The molecule has 18 nitrogen and oxygen atoms in total. The predicted molar refractivity (Wildman–Crippen MR) is 136 cm³/mol. The first kappa shape index (κ1) is 36.3. The van der Waals surface area contributed by atoms with E-state index in [4.69, 9.17) is 52.1 Å². The standard InChI is InChI=1S/C26H36O18/c1-11(27)37-10-26(35-8)23(42-16(6)32)18(38-12(2)28)17(44-26)9-36-25-22(41-15(5)31)20(40-14(4)30)19(39-13(3)29)21(43-25)24(33)34-7/h17-23,25H,9-10H2,1-8H3/t17-,18-,19+,20+,21+,22-,23+,25+,26+/m1/s1. The van der Waals surface area contributed by atoms with Gasteiger partial charge in [-0.15, -0.1) is 0 Å². The van der Waals surface area contributed by atoms with Gasteiger partial charge in [0.05, 0.1) is 13.7 Å². The van der Waals surface area contributed by atoms with Gasteiger partial charge >= 0.3 is 41.8 Å². The number of ether oxygens (including phenoxy) is 11. The second-order valence-electron chi connectivity index (χ2n) is 9.56. The van der Waals surface area contributed by atoms with E-state index in [0.717, 1.165) is 55.8 Å². The predicted octanol–water partition coefficient (Wildman–Crippen LogP) is -1.14. The highest BCUT2D eigenvalue weighted by atomic mass is 16.8.